The molecule has 0 saturated carbocycles. The molecule has 0 aromatic carbocycles. The van der Waals surface area contributed by atoms with Crippen LogP contribution in [0.25, 0.3) is 0 Å². The topological polar surface area (TPSA) is 71.8 Å². The van der Waals surface area contributed by atoms with Crippen LogP contribution in [-0.4, -0.2) is 14.9 Å². The predicted molar refractivity (Wildman–Crippen MR) is 25.2 cm³/mol. The molecule has 0 unspecified atom stereocenters. The summed E-state index contributed by atoms with van der Waals surface area (Å²) in [5.41, 5.74) is 0. The summed E-state index contributed by atoms with van der Waals surface area (Å²) in [5, 5.41) is 9.79. The molecule has 0 aliphatic heterocycles. The maximum atomic E-state index is 9.79. The van der Waals surface area contributed by atoms with Crippen molar-refractivity contribution in [3.63, 3.8) is 0 Å². The third kappa shape index (κ3) is 1.89. The first kappa shape index (κ1) is 8.23. The quantitative estimate of drug-likeness (QED) is 0.415. The molecule has 47 valence electrons. The van der Waals surface area contributed by atoms with E-state index < -0.39 is 4.92 Å². The molecule has 6 heteroatoms. The fourth-order valence-corrected chi connectivity index (χ4v) is 0.352. The van der Waals surface area contributed by atoms with E-state index in [1.807, 2.05) is 0 Å². The summed E-state index contributed by atoms with van der Waals surface area (Å²) in [6, 6.07) is 0. The summed E-state index contributed by atoms with van der Waals surface area (Å²) in [7, 11) is 0. The van der Waals surface area contributed by atoms with Crippen molar-refractivity contribution in [3.8, 4) is 0 Å². The number of H-pyrrole nitrogens is 1. The van der Waals surface area contributed by atoms with E-state index in [0.717, 1.165) is 0 Å². The molecule has 1 radical (unpaired) electrons. The maximum absolute atomic E-state index is 9.79. The van der Waals surface area contributed by atoms with E-state index >= 15 is 0 Å². The Bertz CT molecular complexity index is 185. The van der Waals surface area contributed by atoms with Crippen LogP contribution in [0.15, 0.2) is 12.5 Å². The molecule has 9 heavy (non-hydrogen) atoms. The average Bonchev–Trinajstić information content (AvgIpc) is 2.12. The normalized spacial score (nSPS) is 8.00. The Labute approximate surface area is 63.4 Å². The van der Waals surface area contributed by atoms with Gasteiger partial charge in [0.2, 0.25) is 6.33 Å². The van der Waals surface area contributed by atoms with Gasteiger partial charge in [0.15, 0.2) is 0 Å². The van der Waals surface area contributed by atoms with Crippen LogP contribution in [0.5, 0.6) is 0 Å². The second-order valence-electron chi connectivity index (χ2n) is 1.18. The largest absolute Gasteiger partial charge is 3.00 e. The molecule has 0 amide bonds. The van der Waals surface area contributed by atoms with Crippen molar-refractivity contribution < 1.29 is 24.4 Å². The minimum Gasteiger partial charge on any atom is -0.358 e. The predicted octanol–water partition coefficient (Wildman–Crippen LogP) is 0.315. The SMILES string of the molecule is O=[N+]([O-])c1c[nH]cn1.[Ru+3]. The van der Waals surface area contributed by atoms with Gasteiger partial charge in [0.1, 0.15) is 6.20 Å². The molecule has 0 aliphatic carbocycles. The fraction of sp³-hybridized carbons (Fsp3) is 0. The maximum Gasteiger partial charge on any atom is 3.00 e. The molecule has 0 bridgehead atoms. The van der Waals surface area contributed by atoms with E-state index in [1.165, 1.54) is 12.5 Å². The van der Waals surface area contributed by atoms with Crippen LogP contribution in [-0.2, 0) is 19.5 Å². The van der Waals surface area contributed by atoms with Crippen molar-refractivity contribution in [2.24, 2.45) is 0 Å². The molecule has 0 aliphatic rings. The first-order chi connectivity index (χ1) is 3.80. The van der Waals surface area contributed by atoms with Gasteiger partial charge in [0, 0.05) is 0 Å². The standard InChI is InChI=1S/C3H3N3O2.Ru/c7-6(8)3-1-4-2-5-3;/h1-2H,(H,4,5);/q;+3. The fourth-order valence-electron chi connectivity index (χ4n) is 0.352. The first-order valence-electron chi connectivity index (χ1n) is 1.94. The van der Waals surface area contributed by atoms with Gasteiger partial charge in [0.05, 0.1) is 0 Å². The molecule has 1 heterocycles. The van der Waals surface area contributed by atoms with E-state index in [-0.39, 0.29) is 25.3 Å². The van der Waals surface area contributed by atoms with Crippen molar-refractivity contribution >= 4 is 5.82 Å². The molecular formula is C3H3N3O2Ru+3. The number of imidazole rings is 1. The number of hydrogen-bond acceptors (Lipinski definition) is 3. The molecule has 0 saturated heterocycles. The molecule has 5 nitrogen and oxygen atoms in total. The molecular weight excluding hydrogens is 211 g/mol. The zero-order chi connectivity index (χ0) is 5.98. The van der Waals surface area contributed by atoms with Crippen molar-refractivity contribution in [1.29, 1.82) is 0 Å². The van der Waals surface area contributed by atoms with E-state index in [0.29, 0.717) is 0 Å². The van der Waals surface area contributed by atoms with Gasteiger partial charge >= 0.3 is 25.3 Å². The Morgan fingerprint density at radius 2 is 2.44 bits per heavy atom. The second kappa shape index (κ2) is 3.30. The molecule has 0 spiro atoms. The summed E-state index contributed by atoms with van der Waals surface area (Å²) < 4.78 is 0. The van der Waals surface area contributed by atoms with Gasteiger partial charge in [-0.15, -0.1) is 0 Å². The van der Waals surface area contributed by atoms with Crippen LogP contribution in [0.2, 0.25) is 0 Å². The molecule has 1 N–H and O–H groups in total. The van der Waals surface area contributed by atoms with Gasteiger partial charge in [-0.3, -0.25) is 0 Å². The van der Waals surface area contributed by atoms with E-state index in [1.54, 1.807) is 0 Å². The monoisotopic (exact) mass is 215 g/mol. The summed E-state index contributed by atoms with van der Waals surface area (Å²) >= 11 is 0. The van der Waals surface area contributed by atoms with Crippen LogP contribution < -0.4 is 0 Å². The number of nitrogens with one attached hydrogen (secondary N) is 1. The minimum atomic E-state index is -0.559. The minimum absolute atomic E-state index is 0. The van der Waals surface area contributed by atoms with Gasteiger partial charge in [-0.25, -0.2) is 0 Å². The zero-order valence-electron chi connectivity index (χ0n) is 4.22. The molecule has 1 rings (SSSR count). The summed E-state index contributed by atoms with van der Waals surface area (Å²) in [4.78, 5) is 15.0. The average molecular weight is 214 g/mol. The Morgan fingerprint density at radius 3 is 2.67 bits per heavy atom. The smallest absolute Gasteiger partial charge is 0.358 e. The van der Waals surface area contributed by atoms with Crippen molar-refractivity contribution in [2.45, 2.75) is 0 Å². The third-order valence-electron chi connectivity index (χ3n) is 0.671. The van der Waals surface area contributed by atoms with Gasteiger partial charge in [-0.1, -0.05) is 0 Å². The van der Waals surface area contributed by atoms with Crippen LogP contribution in [0.4, 0.5) is 5.82 Å². The van der Waals surface area contributed by atoms with Crippen LogP contribution >= 0.6 is 0 Å². The van der Waals surface area contributed by atoms with E-state index in [9.17, 15) is 10.1 Å². The van der Waals surface area contributed by atoms with E-state index in [2.05, 4.69) is 9.97 Å². The second-order valence-corrected chi connectivity index (χ2v) is 1.18. The third-order valence-corrected chi connectivity index (χ3v) is 0.671. The van der Waals surface area contributed by atoms with Gasteiger partial charge in [-0.05, 0) is 9.91 Å². The van der Waals surface area contributed by atoms with Gasteiger partial charge in [0.25, 0.3) is 0 Å². The number of nitro groups is 1. The van der Waals surface area contributed by atoms with Crippen molar-refractivity contribution in [2.75, 3.05) is 0 Å². The van der Waals surface area contributed by atoms with Crippen molar-refractivity contribution in [1.82, 2.24) is 9.97 Å². The molecule has 0 fully saturated rings. The van der Waals surface area contributed by atoms with Crippen LogP contribution in [0, 0.1) is 10.1 Å². The Kier molecular flexibility index (Phi) is 3.02. The van der Waals surface area contributed by atoms with Crippen molar-refractivity contribution in [3.05, 3.63) is 22.6 Å². The van der Waals surface area contributed by atoms with Gasteiger partial charge in [-0.2, -0.15) is 0 Å². The van der Waals surface area contributed by atoms with E-state index in [4.69, 9.17) is 0 Å². The molecule has 0 atom stereocenters. The number of rotatable bonds is 1. The molecule has 1 aromatic heterocycles. The first-order valence-corrected chi connectivity index (χ1v) is 1.94. The Morgan fingerprint density at radius 1 is 1.78 bits per heavy atom. The summed E-state index contributed by atoms with van der Waals surface area (Å²) in [6.45, 7) is 0. The van der Waals surface area contributed by atoms with Gasteiger partial charge < -0.3 is 15.1 Å². The van der Waals surface area contributed by atoms with Crippen LogP contribution in [0.3, 0.4) is 0 Å². The summed E-state index contributed by atoms with van der Waals surface area (Å²) in [6.07, 6.45) is 2.48. The number of hydrogen-bond donors (Lipinski definition) is 1. The number of nitrogens with zero attached hydrogens (tertiary/aromatic N) is 2. The Balaban J connectivity index is 0.000000640. The number of aromatic nitrogens is 2. The number of aromatic amines is 1. The Hall–Kier alpha value is -0.767. The summed E-state index contributed by atoms with van der Waals surface area (Å²) in [5.74, 6) is -0.148. The zero-order valence-corrected chi connectivity index (χ0v) is 5.96. The molecule has 1 aromatic rings. The van der Waals surface area contributed by atoms with Crippen LogP contribution in [0.1, 0.15) is 0 Å².